The Labute approximate surface area is 174 Å². The summed E-state index contributed by atoms with van der Waals surface area (Å²) in [6.07, 6.45) is 2.07. The van der Waals surface area contributed by atoms with Gasteiger partial charge >= 0.3 is 5.97 Å². The SMILES string of the molecule is CCn1cnc2cc(COC(=O)Cc3sc(-c4cccc(C)c4)nc3C)ccc21. The van der Waals surface area contributed by atoms with Crippen LogP contribution in [0.4, 0.5) is 0 Å². The smallest absolute Gasteiger partial charge is 0.311 e. The molecule has 2 heterocycles. The fourth-order valence-electron chi connectivity index (χ4n) is 3.29. The van der Waals surface area contributed by atoms with Crippen molar-refractivity contribution in [2.24, 2.45) is 0 Å². The van der Waals surface area contributed by atoms with E-state index in [0.29, 0.717) is 0 Å². The molecule has 5 nitrogen and oxygen atoms in total. The van der Waals surface area contributed by atoms with Crippen LogP contribution in [-0.4, -0.2) is 20.5 Å². The molecule has 2 aromatic carbocycles. The number of aromatic nitrogens is 3. The van der Waals surface area contributed by atoms with Gasteiger partial charge in [-0.15, -0.1) is 11.3 Å². The van der Waals surface area contributed by atoms with Crippen LogP contribution in [0.25, 0.3) is 21.6 Å². The van der Waals surface area contributed by atoms with E-state index in [2.05, 4.69) is 40.5 Å². The van der Waals surface area contributed by atoms with Crippen LogP contribution >= 0.6 is 11.3 Å². The summed E-state index contributed by atoms with van der Waals surface area (Å²) in [5.74, 6) is -0.244. The van der Waals surface area contributed by atoms with Gasteiger partial charge in [-0.25, -0.2) is 9.97 Å². The summed E-state index contributed by atoms with van der Waals surface area (Å²) in [5, 5.41) is 0.936. The first-order valence-electron chi connectivity index (χ1n) is 9.66. The maximum Gasteiger partial charge on any atom is 0.311 e. The second-order valence-electron chi connectivity index (χ2n) is 7.09. The van der Waals surface area contributed by atoms with Crippen molar-refractivity contribution in [3.05, 3.63) is 70.5 Å². The van der Waals surface area contributed by atoms with Gasteiger partial charge in [-0.2, -0.15) is 0 Å². The normalized spacial score (nSPS) is 11.1. The van der Waals surface area contributed by atoms with E-state index in [4.69, 9.17) is 4.74 Å². The summed E-state index contributed by atoms with van der Waals surface area (Å²) in [4.78, 5) is 22.4. The molecule has 0 saturated heterocycles. The number of thiazole rings is 1. The van der Waals surface area contributed by atoms with Crippen molar-refractivity contribution < 1.29 is 9.53 Å². The standard InChI is InChI=1S/C23H23N3O2S/c1-4-26-14-24-19-11-17(8-9-20(19)26)13-28-22(27)12-21-16(3)25-23(29-21)18-7-5-6-15(2)10-18/h5-11,14H,4,12-13H2,1-3H3. The van der Waals surface area contributed by atoms with Crippen molar-refractivity contribution in [3.8, 4) is 10.6 Å². The molecule has 0 aliphatic carbocycles. The average Bonchev–Trinajstić information content (AvgIpc) is 3.29. The molecule has 6 heteroatoms. The number of hydrogen-bond donors (Lipinski definition) is 0. The van der Waals surface area contributed by atoms with Gasteiger partial charge in [0.2, 0.25) is 0 Å². The lowest BCUT2D eigenvalue weighted by Crippen LogP contribution is -2.07. The Hall–Kier alpha value is -2.99. The van der Waals surface area contributed by atoms with E-state index in [1.54, 1.807) is 11.3 Å². The highest BCUT2D eigenvalue weighted by atomic mass is 32.1. The first kappa shape index (κ1) is 19.3. The van der Waals surface area contributed by atoms with Gasteiger partial charge in [-0.3, -0.25) is 4.79 Å². The Morgan fingerprint density at radius 3 is 2.83 bits per heavy atom. The van der Waals surface area contributed by atoms with Crippen LogP contribution in [0, 0.1) is 13.8 Å². The summed E-state index contributed by atoms with van der Waals surface area (Å²) in [6.45, 7) is 7.21. The van der Waals surface area contributed by atoms with Crippen molar-refractivity contribution >= 4 is 28.3 Å². The highest BCUT2D eigenvalue weighted by molar-refractivity contribution is 7.15. The maximum absolute atomic E-state index is 12.4. The fourth-order valence-corrected chi connectivity index (χ4v) is 4.33. The van der Waals surface area contributed by atoms with Crippen molar-refractivity contribution in [2.75, 3.05) is 0 Å². The van der Waals surface area contributed by atoms with Crippen molar-refractivity contribution in [1.29, 1.82) is 0 Å². The number of imidazole rings is 1. The van der Waals surface area contributed by atoms with Gasteiger partial charge in [0.15, 0.2) is 0 Å². The molecule has 0 atom stereocenters. The minimum atomic E-state index is -0.244. The van der Waals surface area contributed by atoms with E-state index in [-0.39, 0.29) is 19.0 Å². The van der Waals surface area contributed by atoms with Crippen LogP contribution < -0.4 is 0 Å². The second-order valence-corrected chi connectivity index (χ2v) is 8.17. The van der Waals surface area contributed by atoms with Gasteiger partial charge < -0.3 is 9.30 Å². The van der Waals surface area contributed by atoms with Crippen LogP contribution in [0.3, 0.4) is 0 Å². The molecule has 2 aromatic heterocycles. The zero-order valence-corrected chi connectivity index (χ0v) is 17.6. The number of ether oxygens (including phenoxy) is 1. The summed E-state index contributed by atoms with van der Waals surface area (Å²) >= 11 is 1.55. The van der Waals surface area contributed by atoms with Crippen LogP contribution in [-0.2, 0) is 29.1 Å². The van der Waals surface area contributed by atoms with E-state index >= 15 is 0 Å². The molecule has 0 aliphatic rings. The molecule has 4 aromatic rings. The van der Waals surface area contributed by atoms with Crippen LogP contribution in [0.1, 0.15) is 28.6 Å². The molecular weight excluding hydrogens is 382 g/mol. The Morgan fingerprint density at radius 1 is 1.17 bits per heavy atom. The lowest BCUT2D eigenvalue weighted by molar-refractivity contribution is -0.144. The molecule has 0 bridgehead atoms. The first-order valence-corrected chi connectivity index (χ1v) is 10.5. The zero-order chi connectivity index (χ0) is 20.4. The van der Waals surface area contributed by atoms with E-state index in [1.165, 1.54) is 5.56 Å². The molecule has 0 amide bonds. The fraction of sp³-hybridized carbons (Fsp3) is 0.261. The Bertz CT molecular complexity index is 1180. The molecule has 148 valence electrons. The Kier molecular flexibility index (Phi) is 5.45. The Balaban J connectivity index is 1.41. The minimum Gasteiger partial charge on any atom is -0.461 e. The lowest BCUT2D eigenvalue weighted by Gasteiger charge is -2.05. The number of rotatable bonds is 6. The molecule has 0 aliphatic heterocycles. The predicted octanol–water partition coefficient (Wildman–Crippen LogP) is 5.08. The molecule has 0 spiro atoms. The third-order valence-electron chi connectivity index (χ3n) is 4.89. The summed E-state index contributed by atoms with van der Waals surface area (Å²) in [7, 11) is 0. The Morgan fingerprint density at radius 2 is 2.03 bits per heavy atom. The predicted molar refractivity (Wildman–Crippen MR) is 116 cm³/mol. The van der Waals surface area contributed by atoms with Gasteiger partial charge in [0.1, 0.15) is 11.6 Å². The molecule has 0 unspecified atom stereocenters. The summed E-state index contributed by atoms with van der Waals surface area (Å²) in [5.41, 5.74) is 6.10. The van der Waals surface area contributed by atoms with Crippen molar-refractivity contribution in [3.63, 3.8) is 0 Å². The molecule has 0 N–H and O–H groups in total. The molecule has 4 rings (SSSR count). The first-order chi connectivity index (χ1) is 14.0. The number of nitrogens with zero attached hydrogens (tertiary/aromatic N) is 3. The quantitative estimate of drug-likeness (QED) is 0.420. The third kappa shape index (κ3) is 4.22. The maximum atomic E-state index is 12.4. The highest BCUT2D eigenvalue weighted by Gasteiger charge is 2.14. The van der Waals surface area contributed by atoms with Crippen LogP contribution in [0.5, 0.6) is 0 Å². The van der Waals surface area contributed by atoms with Gasteiger partial charge in [0.25, 0.3) is 0 Å². The molecular formula is C23H23N3O2S. The summed E-state index contributed by atoms with van der Waals surface area (Å²) < 4.78 is 7.60. The molecule has 0 radical (unpaired) electrons. The second kappa shape index (κ2) is 8.17. The van der Waals surface area contributed by atoms with Crippen LogP contribution in [0.15, 0.2) is 48.8 Å². The number of carbonyl (C=O) groups excluding carboxylic acids is 1. The average molecular weight is 406 g/mol. The van der Waals surface area contributed by atoms with E-state index < -0.39 is 0 Å². The molecule has 29 heavy (non-hydrogen) atoms. The highest BCUT2D eigenvalue weighted by Crippen LogP contribution is 2.29. The number of hydrogen-bond acceptors (Lipinski definition) is 5. The number of carbonyl (C=O) groups is 1. The summed E-state index contributed by atoms with van der Waals surface area (Å²) in [6, 6.07) is 14.2. The van der Waals surface area contributed by atoms with Gasteiger partial charge in [0, 0.05) is 17.0 Å². The van der Waals surface area contributed by atoms with Crippen molar-refractivity contribution in [1.82, 2.24) is 14.5 Å². The number of esters is 1. The number of fused-ring (bicyclic) bond motifs is 1. The third-order valence-corrected chi connectivity index (χ3v) is 6.10. The van der Waals surface area contributed by atoms with Gasteiger partial charge in [-0.05, 0) is 44.5 Å². The lowest BCUT2D eigenvalue weighted by atomic mass is 10.1. The van der Waals surface area contributed by atoms with Crippen LogP contribution in [0.2, 0.25) is 0 Å². The van der Waals surface area contributed by atoms with E-state index in [0.717, 1.165) is 44.3 Å². The topological polar surface area (TPSA) is 57.0 Å². The number of benzene rings is 2. The van der Waals surface area contributed by atoms with E-state index in [1.807, 2.05) is 43.6 Å². The largest absolute Gasteiger partial charge is 0.461 e. The van der Waals surface area contributed by atoms with E-state index in [9.17, 15) is 4.79 Å². The van der Waals surface area contributed by atoms with Gasteiger partial charge in [-0.1, -0.05) is 29.8 Å². The molecule has 0 fully saturated rings. The van der Waals surface area contributed by atoms with Gasteiger partial charge in [0.05, 0.1) is 29.5 Å². The number of aryl methyl sites for hydroxylation is 3. The van der Waals surface area contributed by atoms with Crippen molar-refractivity contribution in [2.45, 2.75) is 40.3 Å². The zero-order valence-electron chi connectivity index (χ0n) is 16.8. The minimum absolute atomic E-state index is 0.238. The monoisotopic (exact) mass is 405 g/mol. The molecule has 0 saturated carbocycles.